The summed E-state index contributed by atoms with van der Waals surface area (Å²) in [5.74, 6) is 0.660. The molecule has 1 aromatic heterocycles. The number of hydrogen-bond acceptors (Lipinski definition) is 6. The number of unbranched alkanes of at least 4 members (excludes halogenated alkanes) is 2. The molecule has 0 saturated carbocycles. The molecule has 0 spiro atoms. The maximum absolute atomic E-state index is 10.5. The molecule has 0 radical (unpaired) electrons. The van der Waals surface area contributed by atoms with E-state index in [1.807, 2.05) is 36.4 Å². The summed E-state index contributed by atoms with van der Waals surface area (Å²) in [5.41, 5.74) is 4.18. The van der Waals surface area contributed by atoms with Crippen molar-refractivity contribution >= 4 is 17.6 Å². The summed E-state index contributed by atoms with van der Waals surface area (Å²) in [5, 5.41) is 15.3. The van der Waals surface area contributed by atoms with Crippen molar-refractivity contribution in [3.63, 3.8) is 0 Å². The summed E-state index contributed by atoms with van der Waals surface area (Å²) in [6.45, 7) is 1.82. The van der Waals surface area contributed by atoms with E-state index in [4.69, 9.17) is 9.84 Å². The van der Waals surface area contributed by atoms with Crippen LogP contribution in [-0.2, 0) is 11.2 Å². The number of nitrogens with zero attached hydrogens (tertiary/aromatic N) is 2. The SMILES string of the molecule is COc1ccc(-c2cnc(Nc3ccc(CCNCCCCCC(=O)O)cc3)nc2)cc1. The highest BCUT2D eigenvalue weighted by molar-refractivity contribution is 5.66. The third kappa shape index (κ3) is 7.67. The van der Waals surface area contributed by atoms with E-state index < -0.39 is 5.97 Å². The van der Waals surface area contributed by atoms with Crippen molar-refractivity contribution in [2.45, 2.75) is 32.1 Å². The van der Waals surface area contributed by atoms with E-state index in [0.29, 0.717) is 5.95 Å². The maximum atomic E-state index is 10.5. The minimum Gasteiger partial charge on any atom is -0.497 e. The van der Waals surface area contributed by atoms with Crippen molar-refractivity contribution < 1.29 is 14.6 Å². The summed E-state index contributed by atoms with van der Waals surface area (Å²) in [7, 11) is 1.65. The Balaban J connectivity index is 1.40. The quantitative estimate of drug-likeness (QED) is 0.336. The molecule has 3 N–H and O–H groups in total. The van der Waals surface area contributed by atoms with Crippen LogP contribution < -0.4 is 15.4 Å². The van der Waals surface area contributed by atoms with Crippen molar-refractivity contribution in [2.24, 2.45) is 0 Å². The first-order valence-corrected chi connectivity index (χ1v) is 10.9. The topological polar surface area (TPSA) is 96.4 Å². The normalized spacial score (nSPS) is 10.7. The van der Waals surface area contributed by atoms with E-state index in [9.17, 15) is 4.79 Å². The Morgan fingerprint density at radius 1 is 0.906 bits per heavy atom. The van der Waals surface area contributed by atoms with Crippen LogP contribution in [0.3, 0.4) is 0 Å². The lowest BCUT2D eigenvalue weighted by molar-refractivity contribution is -0.137. The van der Waals surface area contributed by atoms with Gasteiger partial charge in [-0.2, -0.15) is 0 Å². The smallest absolute Gasteiger partial charge is 0.303 e. The van der Waals surface area contributed by atoms with Gasteiger partial charge in [-0.25, -0.2) is 9.97 Å². The number of carboxylic acid groups (broad SMARTS) is 1. The van der Waals surface area contributed by atoms with E-state index in [0.717, 1.165) is 61.3 Å². The molecule has 7 nitrogen and oxygen atoms in total. The van der Waals surface area contributed by atoms with Gasteiger partial charge in [-0.3, -0.25) is 4.79 Å². The molecule has 0 unspecified atom stereocenters. The fraction of sp³-hybridized carbons (Fsp3) is 0.320. The van der Waals surface area contributed by atoms with Crippen LogP contribution in [0.4, 0.5) is 11.6 Å². The Morgan fingerprint density at radius 2 is 1.62 bits per heavy atom. The molecule has 0 aliphatic carbocycles. The van der Waals surface area contributed by atoms with Crippen molar-refractivity contribution in [2.75, 3.05) is 25.5 Å². The number of anilines is 2. The molecule has 3 rings (SSSR count). The Morgan fingerprint density at radius 3 is 2.28 bits per heavy atom. The van der Waals surface area contributed by atoms with Crippen LogP contribution in [-0.4, -0.2) is 41.2 Å². The predicted molar refractivity (Wildman–Crippen MR) is 126 cm³/mol. The molecule has 0 fully saturated rings. The highest BCUT2D eigenvalue weighted by Gasteiger charge is 2.03. The molecule has 3 aromatic rings. The number of carboxylic acids is 1. The van der Waals surface area contributed by atoms with Gasteiger partial charge >= 0.3 is 5.97 Å². The minimum atomic E-state index is -0.715. The largest absolute Gasteiger partial charge is 0.497 e. The van der Waals surface area contributed by atoms with Gasteiger partial charge in [0, 0.05) is 30.1 Å². The van der Waals surface area contributed by atoms with E-state index in [1.54, 1.807) is 19.5 Å². The number of aliphatic carboxylic acids is 1. The minimum absolute atomic E-state index is 0.262. The average Bonchev–Trinajstić information content (AvgIpc) is 2.82. The van der Waals surface area contributed by atoms with Gasteiger partial charge in [-0.1, -0.05) is 30.7 Å². The maximum Gasteiger partial charge on any atom is 0.303 e. The van der Waals surface area contributed by atoms with Gasteiger partial charge in [0.25, 0.3) is 0 Å². The number of ether oxygens (including phenoxy) is 1. The third-order valence-corrected chi connectivity index (χ3v) is 5.12. The molecule has 168 valence electrons. The number of hydrogen-bond donors (Lipinski definition) is 3. The number of methoxy groups -OCH3 is 1. The standard InChI is InChI=1S/C25H30N4O3/c1-32-23-12-8-20(9-13-23)21-17-27-25(28-18-21)29-22-10-6-19(7-11-22)14-16-26-15-4-2-3-5-24(30)31/h6-13,17-18,26H,2-5,14-16H2,1H3,(H,30,31)(H,27,28,29). The van der Waals surface area contributed by atoms with Gasteiger partial charge in [-0.05, 0) is 67.7 Å². The summed E-state index contributed by atoms with van der Waals surface area (Å²) >= 11 is 0. The third-order valence-electron chi connectivity index (χ3n) is 5.12. The van der Waals surface area contributed by atoms with Crippen molar-refractivity contribution in [1.29, 1.82) is 0 Å². The number of nitrogens with one attached hydrogen (secondary N) is 2. The molecular formula is C25H30N4O3. The van der Waals surface area contributed by atoms with Gasteiger partial charge in [0.2, 0.25) is 5.95 Å². The number of rotatable bonds is 13. The number of aromatic nitrogens is 2. The van der Waals surface area contributed by atoms with Gasteiger partial charge < -0.3 is 20.5 Å². The fourth-order valence-corrected chi connectivity index (χ4v) is 3.27. The van der Waals surface area contributed by atoms with Gasteiger partial charge in [0.05, 0.1) is 7.11 Å². The van der Waals surface area contributed by atoms with Crippen LogP contribution >= 0.6 is 0 Å². The van der Waals surface area contributed by atoms with Gasteiger partial charge in [0.1, 0.15) is 5.75 Å². The summed E-state index contributed by atoms with van der Waals surface area (Å²) in [4.78, 5) is 19.3. The Hall–Kier alpha value is -3.45. The first-order valence-electron chi connectivity index (χ1n) is 10.9. The summed E-state index contributed by atoms with van der Waals surface area (Å²) in [6, 6.07) is 16.1. The van der Waals surface area contributed by atoms with Crippen molar-refractivity contribution in [3.8, 4) is 16.9 Å². The molecule has 0 atom stereocenters. The molecule has 32 heavy (non-hydrogen) atoms. The molecule has 0 bridgehead atoms. The molecule has 0 amide bonds. The van der Waals surface area contributed by atoms with Crippen molar-refractivity contribution in [3.05, 3.63) is 66.5 Å². The molecule has 7 heteroatoms. The molecule has 0 aliphatic rings. The number of carbonyl (C=O) groups is 1. The zero-order valence-electron chi connectivity index (χ0n) is 18.4. The second-order valence-electron chi connectivity index (χ2n) is 7.55. The van der Waals surface area contributed by atoms with Crippen LogP contribution in [0.2, 0.25) is 0 Å². The predicted octanol–water partition coefficient (Wildman–Crippen LogP) is 4.67. The van der Waals surface area contributed by atoms with Crippen LogP contribution in [0.15, 0.2) is 60.9 Å². The Bertz CT molecular complexity index is 958. The molecule has 2 aromatic carbocycles. The van der Waals surface area contributed by atoms with E-state index in [1.165, 1.54) is 5.56 Å². The lowest BCUT2D eigenvalue weighted by atomic mass is 10.1. The number of benzene rings is 2. The zero-order chi connectivity index (χ0) is 22.6. The highest BCUT2D eigenvalue weighted by atomic mass is 16.5. The second kappa shape index (κ2) is 12.4. The fourth-order valence-electron chi connectivity index (χ4n) is 3.27. The summed E-state index contributed by atoms with van der Waals surface area (Å²) < 4.78 is 5.19. The first-order chi connectivity index (χ1) is 15.6. The summed E-state index contributed by atoms with van der Waals surface area (Å²) in [6.07, 6.45) is 7.52. The van der Waals surface area contributed by atoms with E-state index in [2.05, 4.69) is 32.7 Å². The second-order valence-corrected chi connectivity index (χ2v) is 7.55. The van der Waals surface area contributed by atoms with E-state index >= 15 is 0 Å². The molecule has 1 heterocycles. The first kappa shape index (κ1) is 23.2. The Labute approximate surface area is 188 Å². The highest BCUT2D eigenvalue weighted by Crippen LogP contribution is 2.22. The van der Waals surface area contributed by atoms with Crippen LogP contribution in [0, 0.1) is 0 Å². The van der Waals surface area contributed by atoms with Gasteiger partial charge in [0.15, 0.2) is 0 Å². The lowest BCUT2D eigenvalue weighted by Gasteiger charge is -2.08. The Kier molecular flexibility index (Phi) is 9.01. The molecule has 0 aliphatic heterocycles. The van der Waals surface area contributed by atoms with Crippen LogP contribution in [0.1, 0.15) is 31.2 Å². The van der Waals surface area contributed by atoms with Crippen LogP contribution in [0.5, 0.6) is 5.75 Å². The van der Waals surface area contributed by atoms with Gasteiger partial charge in [-0.15, -0.1) is 0 Å². The van der Waals surface area contributed by atoms with Crippen molar-refractivity contribution in [1.82, 2.24) is 15.3 Å². The molecule has 0 saturated heterocycles. The lowest BCUT2D eigenvalue weighted by Crippen LogP contribution is -2.18. The van der Waals surface area contributed by atoms with E-state index in [-0.39, 0.29) is 6.42 Å². The molecular weight excluding hydrogens is 404 g/mol. The zero-order valence-corrected chi connectivity index (χ0v) is 18.4. The monoisotopic (exact) mass is 434 g/mol. The van der Waals surface area contributed by atoms with Crippen LogP contribution in [0.25, 0.3) is 11.1 Å². The average molecular weight is 435 g/mol.